The van der Waals surface area contributed by atoms with Crippen LogP contribution in [0.25, 0.3) is 0 Å². The summed E-state index contributed by atoms with van der Waals surface area (Å²) in [5, 5.41) is 12.8. The van der Waals surface area contributed by atoms with E-state index in [2.05, 4.69) is 5.10 Å². The van der Waals surface area contributed by atoms with Gasteiger partial charge in [0.1, 0.15) is 5.56 Å². The zero-order chi connectivity index (χ0) is 14.9. The predicted molar refractivity (Wildman–Crippen MR) is 66.0 cm³/mol. The molecule has 0 amide bonds. The van der Waals surface area contributed by atoms with E-state index in [-0.39, 0.29) is 11.4 Å². The molecular formula is C13H12F2N2O3. The van der Waals surface area contributed by atoms with Crippen molar-refractivity contribution in [2.75, 3.05) is 0 Å². The van der Waals surface area contributed by atoms with Gasteiger partial charge in [0.2, 0.25) is 11.6 Å². The normalized spacial score (nSPS) is 10.6. The van der Waals surface area contributed by atoms with Crippen LogP contribution < -0.4 is 4.74 Å². The maximum absolute atomic E-state index is 13.7. The van der Waals surface area contributed by atoms with Crippen molar-refractivity contribution in [3.8, 4) is 11.6 Å². The number of aromatic carboxylic acids is 1. The number of carboxylic acids is 1. The first-order valence-corrected chi connectivity index (χ1v) is 5.86. The van der Waals surface area contributed by atoms with Crippen LogP contribution >= 0.6 is 0 Å². The van der Waals surface area contributed by atoms with Crippen molar-refractivity contribution in [2.24, 2.45) is 0 Å². The summed E-state index contributed by atoms with van der Waals surface area (Å²) in [6, 6.07) is 2.21. The number of hydrogen-bond acceptors (Lipinski definition) is 3. The fourth-order valence-corrected chi connectivity index (χ4v) is 1.73. The van der Waals surface area contributed by atoms with Crippen LogP contribution in [0, 0.1) is 18.6 Å². The molecule has 0 bridgehead atoms. The van der Waals surface area contributed by atoms with Gasteiger partial charge in [0.25, 0.3) is 0 Å². The number of halogens is 2. The van der Waals surface area contributed by atoms with E-state index in [9.17, 15) is 13.6 Å². The first kappa shape index (κ1) is 14.0. The molecule has 0 atom stereocenters. The summed E-state index contributed by atoms with van der Waals surface area (Å²) in [6.07, 6.45) is 1.07. The van der Waals surface area contributed by atoms with Crippen molar-refractivity contribution in [3.63, 3.8) is 0 Å². The first-order valence-electron chi connectivity index (χ1n) is 5.86. The van der Waals surface area contributed by atoms with Crippen molar-refractivity contribution in [1.29, 1.82) is 0 Å². The molecule has 106 valence electrons. The highest BCUT2D eigenvalue weighted by Crippen LogP contribution is 2.30. The molecule has 0 aliphatic rings. The van der Waals surface area contributed by atoms with E-state index in [0.29, 0.717) is 12.1 Å². The van der Waals surface area contributed by atoms with Crippen LogP contribution in [-0.4, -0.2) is 20.9 Å². The van der Waals surface area contributed by atoms with Crippen LogP contribution in [0.15, 0.2) is 18.3 Å². The van der Waals surface area contributed by atoms with Gasteiger partial charge in [-0.2, -0.15) is 5.10 Å². The van der Waals surface area contributed by atoms with Crippen LogP contribution in [0.5, 0.6) is 11.6 Å². The van der Waals surface area contributed by atoms with E-state index >= 15 is 0 Å². The highest BCUT2D eigenvalue weighted by molar-refractivity contribution is 5.90. The lowest BCUT2D eigenvalue weighted by molar-refractivity contribution is 0.0693. The lowest BCUT2D eigenvalue weighted by Gasteiger charge is -2.10. The van der Waals surface area contributed by atoms with Gasteiger partial charge < -0.3 is 9.84 Å². The topological polar surface area (TPSA) is 64.4 Å². The van der Waals surface area contributed by atoms with Crippen LogP contribution in [0.3, 0.4) is 0 Å². The summed E-state index contributed by atoms with van der Waals surface area (Å²) in [5.41, 5.74) is 0.140. The molecule has 0 fully saturated rings. The largest absolute Gasteiger partial charge is 0.477 e. The average Bonchev–Trinajstić information content (AvgIpc) is 2.76. The summed E-state index contributed by atoms with van der Waals surface area (Å²) < 4.78 is 33.8. The van der Waals surface area contributed by atoms with Gasteiger partial charge in [-0.1, -0.05) is 0 Å². The van der Waals surface area contributed by atoms with Gasteiger partial charge >= 0.3 is 5.97 Å². The fraction of sp³-hybridized carbons (Fsp3) is 0.231. The quantitative estimate of drug-likeness (QED) is 0.936. The Morgan fingerprint density at radius 3 is 2.50 bits per heavy atom. The molecule has 2 rings (SSSR count). The number of ether oxygens (including phenoxy) is 1. The number of nitrogens with zero attached hydrogens (tertiary/aromatic N) is 2. The van der Waals surface area contributed by atoms with Crippen molar-refractivity contribution >= 4 is 5.97 Å². The van der Waals surface area contributed by atoms with E-state index in [1.165, 1.54) is 11.6 Å². The molecule has 5 nitrogen and oxygen atoms in total. The Balaban J connectivity index is 2.50. The van der Waals surface area contributed by atoms with E-state index < -0.39 is 23.4 Å². The number of aryl methyl sites for hydroxylation is 2. The number of aromatic nitrogens is 2. The average molecular weight is 282 g/mol. The van der Waals surface area contributed by atoms with Crippen molar-refractivity contribution in [3.05, 3.63) is 41.1 Å². The minimum absolute atomic E-state index is 0.207. The van der Waals surface area contributed by atoms with Gasteiger partial charge in [-0.3, -0.25) is 0 Å². The molecule has 0 unspecified atom stereocenters. The highest BCUT2D eigenvalue weighted by Gasteiger charge is 2.21. The van der Waals surface area contributed by atoms with Gasteiger partial charge in [-0.05, 0) is 31.5 Å². The molecule has 0 radical (unpaired) electrons. The van der Waals surface area contributed by atoms with Crippen molar-refractivity contribution in [1.82, 2.24) is 9.78 Å². The summed E-state index contributed by atoms with van der Waals surface area (Å²) in [4.78, 5) is 11.0. The summed E-state index contributed by atoms with van der Waals surface area (Å²) in [6.45, 7) is 3.54. The van der Waals surface area contributed by atoms with E-state index in [0.717, 1.165) is 18.3 Å². The molecule has 7 heteroatoms. The van der Waals surface area contributed by atoms with E-state index in [1.807, 2.05) is 0 Å². The lowest BCUT2D eigenvalue weighted by atomic mass is 10.2. The molecule has 0 saturated carbocycles. The fourth-order valence-electron chi connectivity index (χ4n) is 1.73. The smallest absolute Gasteiger partial charge is 0.342 e. The zero-order valence-electron chi connectivity index (χ0n) is 10.9. The maximum atomic E-state index is 13.7. The SMILES string of the molecule is CCn1ncc(C(=O)O)c1Oc1c(F)cc(C)cc1F. The number of carboxylic acid groups (broad SMARTS) is 1. The summed E-state index contributed by atoms with van der Waals surface area (Å²) >= 11 is 0. The third-order valence-corrected chi connectivity index (χ3v) is 2.66. The second-order valence-corrected chi connectivity index (χ2v) is 4.14. The lowest BCUT2D eigenvalue weighted by Crippen LogP contribution is -2.05. The number of benzene rings is 1. The van der Waals surface area contributed by atoms with E-state index in [1.54, 1.807) is 6.92 Å². The minimum atomic E-state index is -1.28. The van der Waals surface area contributed by atoms with Crippen molar-refractivity contribution in [2.45, 2.75) is 20.4 Å². The molecule has 1 aromatic carbocycles. The highest BCUT2D eigenvalue weighted by atomic mass is 19.1. The van der Waals surface area contributed by atoms with Gasteiger partial charge in [-0.25, -0.2) is 18.3 Å². The number of carbonyl (C=O) groups is 1. The van der Waals surface area contributed by atoms with Crippen molar-refractivity contribution < 1.29 is 23.4 Å². The Labute approximate surface area is 113 Å². The summed E-state index contributed by atoms with van der Waals surface area (Å²) in [5.74, 6) is -3.94. The molecule has 20 heavy (non-hydrogen) atoms. The Morgan fingerprint density at radius 2 is 2.00 bits per heavy atom. The molecule has 1 N–H and O–H groups in total. The van der Waals surface area contributed by atoms with E-state index in [4.69, 9.17) is 9.84 Å². The first-order chi connectivity index (χ1) is 9.43. The van der Waals surface area contributed by atoms with Crippen LogP contribution in [-0.2, 0) is 6.54 Å². The maximum Gasteiger partial charge on any atom is 0.342 e. The van der Waals surface area contributed by atoms with Gasteiger partial charge in [-0.15, -0.1) is 0 Å². The molecule has 1 heterocycles. The summed E-state index contributed by atoms with van der Waals surface area (Å²) in [7, 11) is 0. The second kappa shape index (κ2) is 5.28. The monoisotopic (exact) mass is 282 g/mol. The molecular weight excluding hydrogens is 270 g/mol. The van der Waals surface area contributed by atoms with Gasteiger partial charge in [0.05, 0.1) is 6.20 Å². The van der Waals surface area contributed by atoms with Crippen LogP contribution in [0.4, 0.5) is 8.78 Å². The minimum Gasteiger partial charge on any atom is -0.477 e. The third kappa shape index (κ3) is 2.47. The Kier molecular flexibility index (Phi) is 3.69. The molecule has 0 spiro atoms. The predicted octanol–water partition coefficient (Wildman–Crippen LogP) is 2.98. The third-order valence-electron chi connectivity index (χ3n) is 2.66. The molecule has 0 saturated heterocycles. The van der Waals surface area contributed by atoms with Gasteiger partial charge in [0, 0.05) is 6.54 Å². The zero-order valence-corrected chi connectivity index (χ0v) is 10.9. The molecule has 0 aliphatic carbocycles. The number of hydrogen-bond donors (Lipinski definition) is 1. The molecule has 2 aromatic rings. The molecule has 1 aromatic heterocycles. The standard InChI is InChI=1S/C13H12F2N2O3/c1-3-17-12(8(6-16-17)13(18)19)20-11-9(14)4-7(2)5-10(11)15/h4-6H,3H2,1-2H3,(H,18,19). The number of rotatable bonds is 4. The second-order valence-electron chi connectivity index (χ2n) is 4.14. The Morgan fingerprint density at radius 1 is 1.40 bits per heavy atom. The molecule has 0 aliphatic heterocycles. The van der Waals surface area contributed by atoms with Crippen LogP contribution in [0.1, 0.15) is 22.8 Å². The Hall–Kier alpha value is -2.44. The van der Waals surface area contributed by atoms with Gasteiger partial charge in [0.15, 0.2) is 11.6 Å². The Bertz CT molecular complexity index is 645. The van der Waals surface area contributed by atoms with Crippen LogP contribution in [0.2, 0.25) is 0 Å².